The van der Waals surface area contributed by atoms with Crippen LogP contribution in [0.25, 0.3) is 17.1 Å². The third-order valence-corrected chi connectivity index (χ3v) is 6.17. The Hall–Kier alpha value is -3.48. The van der Waals surface area contributed by atoms with Crippen LogP contribution in [0, 0.1) is 5.41 Å². The number of hydrogen-bond donors (Lipinski definition) is 2. The number of benzene rings is 2. The van der Waals surface area contributed by atoms with Crippen molar-refractivity contribution in [3.63, 3.8) is 0 Å². The molecule has 0 saturated carbocycles. The zero-order chi connectivity index (χ0) is 23.4. The first-order chi connectivity index (χ1) is 16.0. The molecule has 0 atom stereocenters. The molecule has 1 saturated heterocycles. The molecule has 0 radical (unpaired) electrons. The zero-order valence-electron chi connectivity index (χ0n) is 19.7. The fraction of sp³-hybridized carbons (Fsp3) is 0.385. The van der Waals surface area contributed by atoms with Crippen molar-refractivity contribution in [1.82, 2.24) is 14.5 Å². The van der Waals surface area contributed by atoms with Gasteiger partial charge in [0.25, 0.3) is 0 Å². The predicted molar refractivity (Wildman–Crippen MR) is 134 cm³/mol. The monoisotopic (exact) mass is 447 g/mol. The van der Waals surface area contributed by atoms with E-state index in [1.165, 1.54) is 0 Å². The van der Waals surface area contributed by atoms with Crippen molar-refractivity contribution >= 4 is 28.6 Å². The van der Waals surface area contributed by atoms with E-state index in [2.05, 4.69) is 28.5 Å². The van der Waals surface area contributed by atoms with Gasteiger partial charge in [0, 0.05) is 56.2 Å². The lowest BCUT2D eigenvalue weighted by Crippen LogP contribution is -2.40. The fourth-order valence-corrected chi connectivity index (χ4v) is 4.38. The molecule has 2 heterocycles. The van der Waals surface area contributed by atoms with E-state index >= 15 is 0 Å². The third-order valence-electron chi connectivity index (χ3n) is 6.17. The number of aromatic nitrogens is 2. The summed E-state index contributed by atoms with van der Waals surface area (Å²) in [5.74, 6) is 3.34. The smallest absolute Gasteiger partial charge is 0.126 e. The number of hydrogen-bond acceptors (Lipinski definition) is 5. The molecule has 7 heteroatoms. The van der Waals surface area contributed by atoms with Gasteiger partial charge in [0.2, 0.25) is 0 Å². The normalized spacial score (nSPS) is 14.8. The standard InChI is InChI=1S/C26H33N5O2/c1-4-26-29-23-17-22(33-21-11-14-30(15-12-21)18(2)27)8-9-24(23)31(26)13-5-6-19-16-20(28)7-10-25(19)32-3/h5-10,16-17,21,27H,4,11-15,28H2,1-3H3/b6-5+,27-18?. The third kappa shape index (κ3) is 5.13. The van der Waals surface area contributed by atoms with Gasteiger partial charge in [-0.3, -0.25) is 5.41 Å². The summed E-state index contributed by atoms with van der Waals surface area (Å²) < 4.78 is 13.9. The van der Waals surface area contributed by atoms with Gasteiger partial charge in [0.1, 0.15) is 23.4 Å². The van der Waals surface area contributed by atoms with Gasteiger partial charge in [0.15, 0.2) is 0 Å². The number of fused-ring (bicyclic) bond motifs is 1. The number of rotatable bonds is 7. The lowest BCUT2D eigenvalue weighted by Gasteiger charge is -2.32. The van der Waals surface area contributed by atoms with E-state index in [9.17, 15) is 0 Å². The van der Waals surface area contributed by atoms with Gasteiger partial charge in [-0.05, 0) is 37.3 Å². The molecule has 0 spiro atoms. The van der Waals surface area contributed by atoms with Crippen molar-refractivity contribution in [2.45, 2.75) is 45.8 Å². The van der Waals surface area contributed by atoms with Gasteiger partial charge >= 0.3 is 0 Å². The number of allylic oxidation sites excluding steroid dienone is 1. The average molecular weight is 448 g/mol. The molecule has 33 heavy (non-hydrogen) atoms. The topological polar surface area (TPSA) is 89.4 Å². The summed E-state index contributed by atoms with van der Waals surface area (Å²) in [5, 5.41) is 7.79. The fourth-order valence-electron chi connectivity index (χ4n) is 4.38. The van der Waals surface area contributed by atoms with Gasteiger partial charge < -0.3 is 24.7 Å². The summed E-state index contributed by atoms with van der Waals surface area (Å²) in [6.07, 6.45) is 7.05. The number of nitrogens with one attached hydrogen (secondary N) is 1. The van der Waals surface area contributed by atoms with Crippen LogP contribution in [0.3, 0.4) is 0 Å². The highest BCUT2D eigenvalue weighted by Crippen LogP contribution is 2.26. The van der Waals surface area contributed by atoms with Gasteiger partial charge in [-0.2, -0.15) is 0 Å². The second-order valence-electron chi connectivity index (χ2n) is 8.44. The molecule has 3 N–H and O–H groups in total. The Bertz CT molecular complexity index is 1160. The van der Waals surface area contributed by atoms with Crippen LogP contribution in [0.15, 0.2) is 42.5 Å². The number of ether oxygens (including phenoxy) is 2. The molecular formula is C26H33N5O2. The lowest BCUT2D eigenvalue weighted by molar-refractivity contribution is 0.130. The van der Waals surface area contributed by atoms with Crippen molar-refractivity contribution in [2.75, 3.05) is 25.9 Å². The maximum atomic E-state index is 7.79. The number of aryl methyl sites for hydroxylation is 1. The SMILES string of the molecule is CCc1nc2cc(OC3CCN(C(C)=N)CC3)ccc2n1C/C=C/c1cc(N)ccc1OC. The van der Waals surface area contributed by atoms with Crippen LogP contribution >= 0.6 is 0 Å². The van der Waals surface area contributed by atoms with Crippen LogP contribution in [-0.4, -0.2) is 46.6 Å². The maximum Gasteiger partial charge on any atom is 0.126 e. The summed E-state index contributed by atoms with van der Waals surface area (Å²) in [6, 6.07) is 11.8. The molecule has 1 aliphatic heterocycles. The molecule has 2 aromatic carbocycles. The molecule has 1 aromatic heterocycles. The van der Waals surface area contributed by atoms with E-state index in [0.29, 0.717) is 18.1 Å². The predicted octanol–water partition coefficient (Wildman–Crippen LogP) is 4.74. The van der Waals surface area contributed by atoms with Crippen molar-refractivity contribution in [3.8, 4) is 11.5 Å². The van der Waals surface area contributed by atoms with Gasteiger partial charge in [-0.25, -0.2) is 4.98 Å². The maximum absolute atomic E-state index is 7.79. The average Bonchev–Trinajstić information content (AvgIpc) is 3.16. The molecular weight excluding hydrogens is 414 g/mol. The Morgan fingerprint density at radius 2 is 2.00 bits per heavy atom. The number of imidazole rings is 1. The zero-order valence-corrected chi connectivity index (χ0v) is 19.7. The van der Waals surface area contributed by atoms with Crippen LogP contribution in [0.2, 0.25) is 0 Å². The van der Waals surface area contributed by atoms with E-state index in [0.717, 1.165) is 66.3 Å². The summed E-state index contributed by atoms with van der Waals surface area (Å²) in [7, 11) is 1.67. The molecule has 174 valence electrons. The van der Waals surface area contributed by atoms with E-state index in [1.807, 2.05) is 43.3 Å². The van der Waals surface area contributed by atoms with Gasteiger partial charge in [-0.1, -0.05) is 19.1 Å². The largest absolute Gasteiger partial charge is 0.496 e. The van der Waals surface area contributed by atoms with Crippen molar-refractivity contribution in [2.24, 2.45) is 0 Å². The number of nitrogens with two attached hydrogens (primary N) is 1. The number of piperidine rings is 1. The molecule has 4 rings (SSSR count). The van der Waals surface area contributed by atoms with Crippen LogP contribution in [0.1, 0.15) is 38.1 Å². The molecule has 1 aliphatic rings. The molecule has 3 aromatic rings. The quantitative estimate of drug-likeness (QED) is 0.310. The van der Waals surface area contributed by atoms with E-state index in [4.69, 9.17) is 25.6 Å². The van der Waals surface area contributed by atoms with Crippen LogP contribution in [0.4, 0.5) is 5.69 Å². The second kappa shape index (κ2) is 9.98. The van der Waals surface area contributed by atoms with Gasteiger partial charge in [0.05, 0.1) is 24.0 Å². The minimum absolute atomic E-state index is 0.182. The lowest BCUT2D eigenvalue weighted by atomic mass is 10.1. The Labute approximate surface area is 195 Å². The van der Waals surface area contributed by atoms with Crippen LogP contribution in [0.5, 0.6) is 11.5 Å². The second-order valence-corrected chi connectivity index (χ2v) is 8.44. The molecule has 0 amide bonds. The summed E-state index contributed by atoms with van der Waals surface area (Å²) in [6.45, 7) is 6.43. The number of methoxy groups -OCH3 is 1. The highest BCUT2D eigenvalue weighted by Gasteiger charge is 2.21. The van der Waals surface area contributed by atoms with E-state index in [1.54, 1.807) is 7.11 Å². The molecule has 7 nitrogen and oxygen atoms in total. The minimum Gasteiger partial charge on any atom is -0.496 e. The summed E-state index contributed by atoms with van der Waals surface area (Å²) in [5.41, 5.74) is 9.66. The molecule has 1 fully saturated rings. The summed E-state index contributed by atoms with van der Waals surface area (Å²) >= 11 is 0. The highest BCUT2D eigenvalue weighted by molar-refractivity contribution is 5.78. The number of amidine groups is 1. The Morgan fingerprint density at radius 3 is 2.70 bits per heavy atom. The number of nitrogen functional groups attached to an aromatic ring is 1. The van der Waals surface area contributed by atoms with Crippen molar-refractivity contribution in [1.29, 1.82) is 5.41 Å². The number of anilines is 1. The van der Waals surface area contributed by atoms with E-state index in [-0.39, 0.29) is 6.10 Å². The van der Waals surface area contributed by atoms with Crippen molar-refractivity contribution in [3.05, 3.63) is 53.9 Å². The Morgan fingerprint density at radius 1 is 1.21 bits per heavy atom. The summed E-state index contributed by atoms with van der Waals surface area (Å²) in [4.78, 5) is 6.96. The highest BCUT2D eigenvalue weighted by atomic mass is 16.5. The number of likely N-dealkylation sites (tertiary alicyclic amines) is 1. The Kier molecular flexibility index (Phi) is 6.87. The molecule has 0 aliphatic carbocycles. The van der Waals surface area contributed by atoms with Crippen LogP contribution < -0.4 is 15.2 Å². The molecule has 0 bridgehead atoms. The Balaban J connectivity index is 1.49. The van der Waals surface area contributed by atoms with Crippen molar-refractivity contribution < 1.29 is 9.47 Å². The number of nitrogens with zero attached hydrogens (tertiary/aromatic N) is 3. The molecule has 0 unspecified atom stereocenters. The van der Waals surface area contributed by atoms with Crippen LogP contribution in [-0.2, 0) is 13.0 Å². The first-order valence-corrected chi connectivity index (χ1v) is 11.5. The van der Waals surface area contributed by atoms with E-state index < -0.39 is 0 Å². The van der Waals surface area contributed by atoms with Gasteiger partial charge in [-0.15, -0.1) is 0 Å². The minimum atomic E-state index is 0.182. The first-order valence-electron chi connectivity index (χ1n) is 11.5. The first kappa shape index (κ1) is 22.7.